The van der Waals surface area contributed by atoms with Crippen molar-refractivity contribution in [2.24, 2.45) is 0 Å². The van der Waals surface area contributed by atoms with E-state index in [4.69, 9.17) is 4.74 Å². The molecule has 0 aliphatic carbocycles. The molecular weight excluding hydrogens is 222 g/mol. The normalized spacial score (nSPS) is 10.7. The van der Waals surface area contributed by atoms with Gasteiger partial charge in [0.2, 0.25) is 0 Å². The van der Waals surface area contributed by atoms with Crippen LogP contribution in [0.4, 0.5) is 0 Å². The van der Waals surface area contributed by atoms with E-state index < -0.39 is 5.97 Å². The Morgan fingerprint density at radius 1 is 1.47 bits per heavy atom. The summed E-state index contributed by atoms with van der Waals surface area (Å²) in [6.07, 6.45) is 1.55. The lowest BCUT2D eigenvalue weighted by Crippen LogP contribution is -2.32. The van der Waals surface area contributed by atoms with Crippen LogP contribution in [0.25, 0.3) is 5.52 Å². The first-order chi connectivity index (χ1) is 8.13. The topological polar surface area (TPSA) is 65.6 Å². The maximum atomic E-state index is 12.0. The lowest BCUT2D eigenvalue weighted by molar-refractivity contribution is -0.144. The lowest BCUT2D eigenvalue weighted by atomic mass is 10.5. The third-order valence-corrected chi connectivity index (χ3v) is 2.43. The number of fused-ring (bicyclic) bond motifs is 1. The first-order valence-corrected chi connectivity index (χ1v) is 5.33. The summed E-state index contributed by atoms with van der Waals surface area (Å²) in [5, 5.41) is 3.92. The molecule has 0 spiro atoms. The Labute approximate surface area is 97.4 Å². The molecule has 0 aliphatic heterocycles. The van der Waals surface area contributed by atoms with Gasteiger partial charge in [0.25, 0.3) is 0 Å². The van der Waals surface area contributed by atoms with Crippen molar-refractivity contribution in [3.8, 4) is 0 Å². The zero-order valence-electron chi connectivity index (χ0n) is 9.71. The molecule has 0 radical (unpaired) electrons. The monoisotopic (exact) mass is 235 g/mol. The highest BCUT2D eigenvalue weighted by atomic mass is 16.5. The summed E-state index contributed by atoms with van der Waals surface area (Å²) in [6, 6.07) is 3.63. The molecule has 2 aromatic rings. The van der Waals surface area contributed by atoms with Gasteiger partial charge >= 0.3 is 11.7 Å². The average Bonchev–Trinajstić information content (AvgIpc) is 2.65. The lowest BCUT2D eigenvalue weighted by Gasteiger charge is -2.05. The molecule has 2 rings (SSSR count). The third kappa shape index (κ3) is 2.06. The van der Waals surface area contributed by atoms with Crippen LogP contribution in [0.2, 0.25) is 0 Å². The Bertz CT molecular complexity index is 612. The Kier molecular flexibility index (Phi) is 2.95. The van der Waals surface area contributed by atoms with Gasteiger partial charge in [-0.25, -0.2) is 9.48 Å². The summed E-state index contributed by atoms with van der Waals surface area (Å²) in [5.41, 5.74) is 1.19. The van der Waals surface area contributed by atoms with Crippen molar-refractivity contribution in [1.82, 2.24) is 14.2 Å². The van der Waals surface area contributed by atoms with E-state index in [2.05, 4.69) is 5.10 Å². The molecule has 6 nitrogen and oxygen atoms in total. The summed E-state index contributed by atoms with van der Waals surface area (Å²) in [5.74, 6) is -0.466. The van der Waals surface area contributed by atoms with Crippen LogP contribution in [-0.2, 0) is 16.1 Å². The van der Waals surface area contributed by atoms with Gasteiger partial charge in [0, 0.05) is 5.69 Å². The fourth-order valence-electron chi connectivity index (χ4n) is 1.65. The zero-order valence-corrected chi connectivity index (χ0v) is 9.71. The average molecular weight is 235 g/mol. The quantitative estimate of drug-likeness (QED) is 0.721. The van der Waals surface area contributed by atoms with Crippen LogP contribution in [0.5, 0.6) is 0 Å². The second kappa shape index (κ2) is 4.40. The highest BCUT2D eigenvalue weighted by Crippen LogP contribution is 2.03. The Morgan fingerprint density at radius 3 is 2.94 bits per heavy atom. The van der Waals surface area contributed by atoms with Crippen molar-refractivity contribution >= 4 is 11.5 Å². The second-order valence-electron chi connectivity index (χ2n) is 3.62. The molecule has 0 aromatic carbocycles. The first kappa shape index (κ1) is 11.4. The maximum absolute atomic E-state index is 12.0. The van der Waals surface area contributed by atoms with Crippen molar-refractivity contribution in [2.75, 3.05) is 6.61 Å². The molecular formula is C11H13N3O3. The molecule has 6 heteroatoms. The number of hydrogen-bond acceptors (Lipinski definition) is 4. The number of esters is 1. The van der Waals surface area contributed by atoms with E-state index in [-0.39, 0.29) is 12.2 Å². The summed E-state index contributed by atoms with van der Waals surface area (Å²) < 4.78 is 7.38. The molecule has 2 heterocycles. The molecule has 0 amide bonds. The van der Waals surface area contributed by atoms with Gasteiger partial charge in [-0.15, -0.1) is 0 Å². The molecule has 0 fully saturated rings. The van der Waals surface area contributed by atoms with E-state index in [1.54, 1.807) is 19.2 Å². The van der Waals surface area contributed by atoms with Gasteiger partial charge in [-0.2, -0.15) is 5.10 Å². The number of aromatic nitrogens is 3. The van der Waals surface area contributed by atoms with E-state index in [1.165, 1.54) is 4.40 Å². The molecule has 17 heavy (non-hydrogen) atoms. The molecule has 90 valence electrons. The van der Waals surface area contributed by atoms with E-state index >= 15 is 0 Å². The summed E-state index contributed by atoms with van der Waals surface area (Å²) >= 11 is 0. The SMILES string of the molecule is CCOC(=O)Cn1ncc2ccc(C)n2c1=O. The van der Waals surface area contributed by atoms with Crippen LogP contribution in [0.15, 0.2) is 23.1 Å². The number of aryl methyl sites for hydroxylation is 1. The molecule has 0 atom stereocenters. The molecule has 0 unspecified atom stereocenters. The fraction of sp³-hybridized carbons (Fsp3) is 0.364. The number of ether oxygens (including phenoxy) is 1. The van der Waals surface area contributed by atoms with Gasteiger partial charge in [0.15, 0.2) is 0 Å². The maximum Gasteiger partial charge on any atom is 0.349 e. The predicted octanol–water partition coefficient (Wildman–Crippen LogP) is 0.368. The van der Waals surface area contributed by atoms with Gasteiger partial charge in [0.1, 0.15) is 6.54 Å². The van der Waals surface area contributed by atoms with E-state index in [9.17, 15) is 9.59 Å². The van der Waals surface area contributed by atoms with E-state index in [1.807, 2.05) is 13.0 Å². The highest BCUT2D eigenvalue weighted by Gasteiger charge is 2.09. The largest absolute Gasteiger partial charge is 0.465 e. The first-order valence-electron chi connectivity index (χ1n) is 5.33. The van der Waals surface area contributed by atoms with Gasteiger partial charge in [0.05, 0.1) is 18.3 Å². The molecule has 2 aromatic heterocycles. The highest BCUT2D eigenvalue weighted by molar-refractivity contribution is 5.68. The zero-order chi connectivity index (χ0) is 12.4. The van der Waals surface area contributed by atoms with Crippen molar-refractivity contribution in [2.45, 2.75) is 20.4 Å². The van der Waals surface area contributed by atoms with Gasteiger partial charge < -0.3 is 4.74 Å². The number of rotatable bonds is 3. The third-order valence-electron chi connectivity index (χ3n) is 2.43. The van der Waals surface area contributed by atoms with Gasteiger partial charge in [-0.05, 0) is 26.0 Å². The van der Waals surface area contributed by atoms with Crippen molar-refractivity contribution in [1.29, 1.82) is 0 Å². The summed E-state index contributed by atoms with van der Waals surface area (Å²) in [7, 11) is 0. The van der Waals surface area contributed by atoms with Crippen LogP contribution in [0.3, 0.4) is 0 Å². The van der Waals surface area contributed by atoms with Crippen molar-refractivity contribution in [3.63, 3.8) is 0 Å². The predicted molar refractivity (Wildman–Crippen MR) is 60.8 cm³/mol. The van der Waals surface area contributed by atoms with Gasteiger partial charge in [-0.1, -0.05) is 0 Å². The molecule has 0 saturated carbocycles. The summed E-state index contributed by atoms with van der Waals surface area (Å²) in [4.78, 5) is 23.3. The van der Waals surface area contributed by atoms with Crippen molar-refractivity contribution < 1.29 is 9.53 Å². The minimum absolute atomic E-state index is 0.166. The fourth-order valence-corrected chi connectivity index (χ4v) is 1.65. The van der Waals surface area contributed by atoms with Gasteiger partial charge in [-0.3, -0.25) is 9.20 Å². The number of nitrogens with zero attached hydrogens (tertiary/aromatic N) is 3. The van der Waals surface area contributed by atoms with Crippen LogP contribution in [0.1, 0.15) is 12.6 Å². The minimum atomic E-state index is -0.466. The molecule has 0 aliphatic rings. The Balaban J connectivity index is 2.42. The number of hydrogen-bond donors (Lipinski definition) is 0. The minimum Gasteiger partial charge on any atom is -0.465 e. The Morgan fingerprint density at radius 2 is 2.24 bits per heavy atom. The molecule has 0 bridgehead atoms. The number of carbonyl (C=O) groups is 1. The molecule has 0 N–H and O–H groups in total. The van der Waals surface area contributed by atoms with Crippen LogP contribution >= 0.6 is 0 Å². The second-order valence-corrected chi connectivity index (χ2v) is 3.62. The number of carbonyl (C=O) groups excluding carboxylic acids is 1. The van der Waals surface area contributed by atoms with Crippen LogP contribution in [-0.4, -0.2) is 26.8 Å². The van der Waals surface area contributed by atoms with E-state index in [0.717, 1.165) is 10.4 Å². The standard InChI is InChI=1S/C11H13N3O3/c1-3-17-10(15)7-13-11(16)14-8(2)4-5-9(14)6-12-13/h4-6H,3,7H2,1-2H3. The van der Waals surface area contributed by atoms with Crippen LogP contribution in [0, 0.1) is 6.92 Å². The Hall–Kier alpha value is -2.11. The molecule has 0 saturated heterocycles. The summed E-state index contributed by atoms with van der Waals surface area (Å²) in [6.45, 7) is 3.66. The van der Waals surface area contributed by atoms with Crippen LogP contribution < -0.4 is 5.69 Å². The van der Waals surface area contributed by atoms with Crippen molar-refractivity contribution in [3.05, 3.63) is 34.5 Å². The van der Waals surface area contributed by atoms with E-state index in [0.29, 0.717) is 12.1 Å². The smallest absolute Gasteiger partial charge is 0.349 e.